The number of nitrogens with zero attached hydrogens (tertiary/aromatic N) is 1. The van der Waals surface area contributed by atoms with Crippen LogP contribution in [0.2, 0.25) is 0 Å². The molecule has 4 heteroatoms. The van der Waals surface area contributed by atoms with Gasteiger partial charge in [0.15, 0.2) is 0 Å². The molecule has 0 aliphatic carbocycles. The van der Waals surface area contributed by atoms with Gasteiger partial charge in [0.1, 0.15) is 11.3 Å². The molecule has 0 N–H and O–H groups in total. The number of anilines is 1. The third kappa shape index (κ3) is 3.00. The summed E-state index contributed by atoms with van der Waals surface area (Å²) in [5.41, 5.74) is 1.37. The Morgan fingerprint density at radius 2 is 1.95 bits per heavy atom. The number of hydrogen-bond acceptors (Lipinski definition) is 4. The molecule has 4 nitrogen and oxygen atoms in total. The minimum Gasteiger partial charge on any atom is -0.496 e. The van der Waals surface area contributed by atoms with Gasteiger partial charge in [-0.05, 0) is 44.0 Å². The fraction of sp³-hybridized carbons (Fsp3) is 0.533. The maximum Gasteiger partial charge on any atom is 0.331 e. The molecule has 0 amide bonds. The van der Waals surface area contributed by atoms with Crippen molar-refractivity contribution in [1.82, 2.24) is 0 Å². The first-order valence-electron chi connectivity index (χ1n) is 6.37. The second-order valence-corrected chi connectivity index (χ2v) is 4.96. The zero-order valence-corrected chi connectivity index (χ0v) is 12.6. The van der Waals surface area contributed by atoms with Crippen LogP contribution in [-0.4, -0.2) is 32.8 Å². The van der Waals surface area contributed by atoms with Crippen molar-refractivity contribution in [2.45, 2.75) is 32.7 Å². The SMILES string of the molecule is CCc1cc(N(C)C(C)(C)C(=O)OC)ccc1OC. The lowest BCUT2D eigenvalue weighted by Crippen LogP contribution is -2.48. The quantitative estimate of drug-likeness (QED) is 0.767. The standard InChI is InChI=1S/C15H23NO3/c1-7-11-10-12(8-9-13(11)18-5)16(4)15(2,3)14(17)19-6/h8-10H,7H2,1-6H3. The number of rotatable bonds is 5. The third-order valence-electron chi connectivity index (χ3n) is 3.56. The van der Waals surface area contributed by atoms with Gasteiger partial charge in [-0.1, -0.05) is 6.92 Å². The predicted octanol–water partition coefficient (Wildman–Crippen LogP) is 2.65. The smallest absolute Gasteiger partial charge is 0.331 e. The molecule has 0 radical (unpaired) electrons. The number of carbonyl (C=O) groups is 1. The molecule has 0 heterocycles. The van der Waals surface area contributed by atoms with Gasteiger partial charge in [0.2, 0.25) is 0 Å². The normalized spacial score (nSPS) is 11.1. The highest BCUT2D eigenvalue weighted by Gasteiger charge is 2.33. The zero-order valence-electron chi connectivity index (χ0n) is 12.6. The molecule has 1 aromatic rings. The summed E-state index contributed by atoms with van der Waals surface area (Å²) in [6.07, 6.45) is 0.878. The third-order valence-corrected chi connectivity index (χ3v) is 3.56. The molecule has 1 aromatic carbocycles. The van der Waals surface area contributed by atoms with Crippen LogP contribution in [0.15, 0.2) is 18.2 Å². The lowest BCUT2D eigenvalue weighted by molar-refractivity contribution is -0.145. The number of methoxy groups -OCH3 is 2. The van der Waals surface area contributed by atoms with Gasteiger partial charge < -0.3 is 14.4 Å². The Hall–Kier alpha value is -1.71. The Balaban J connectivity index is 3.13. The van der Waals surface area contributed by atoms with Crippen LogP contribution in [0.25, 0.3) is 0 Å². The van der Waals surface area contributed by atoms with Crippen LogP contribution in [0, 0.1) is 0 Å². The molecule has 1 rings (SSSR count). The van der Waals surface area contributed by atoms with Crippen LogP contribution in [0.3, 0.4) is 0 Å². The molecule has 0 fully saturated rings. The van der Waals surface area contributed by atoms with Crippen molar-refractivity contribution in [2.24, 2.45) is 0 Å². The molecular weight excluding hydrogens is 242 g/mol. The van der Waals surface area contributed by atoms with E-state index in [9.17, 15) is 4.79 Å². The molecule has 0 saturated carbocycles. The predicted molar refractivity (Wildman–Crippen MR) is 76.9 cm³/mol. The average molecular weight is 265 g/mol. The Kier molecular flexibility index (Phi) is 4.81. The van der Waals surface area contributed by atoms with Crippen LogP contribution in [0.4, 0.5) is 5.69 Å². The monoisotopic (exact) mass is 265 g/mol. The number of likely N-dealkylation sites (N-methyl/N-ethyl adjacent to an activating group) is 1. The summed E-state index contributed by atoms with van der Waals surface area (Å²) >= 11 is 0. The summed E-state index contributed by atoms with van der Waals surface area (Å²) in [5, 5.41) is 0. The van der Waals surface area contributed by atoms with E-state index in [1.807, 2.05) is 44.0 Å². The molecule has 0 unspecified atom stereocenters. The van der Waals surface area contributed by atoms with E-state index in [1.54, 1.807) is 7.11 Å². The minimum absolute atomic E-state index is 0.260. The first kappa shape index (κ1) is 15.3. The molecule has 0 spiro atoms. The van der Waals surface area contributed by atoms with E-state index < -0.39 is 5.54 Å². The van der Waals surface area contributed by atoms with Gasteiger partial charge >= 0.3 is 5.97 Å². The Bertz CT molecular complexity index is 455. The van der Waals surface area contributed by atoms with Gasteiger partial charge in [-0.25, -0.2) is 4.79 Å². The summed E-state index contributed by atoms with van der Waals surface area (Å²) in [4.78, 5) is 13.8. The molecule has 19 heavy (non-hydrogen) atoms. The molecule has 0 aliphatic heterocycles. The summed E-state index contributed by atoms with van der Waals surface area (Å²) in [6, 6.07) is 5.92. The summed E-state index contributed by atoms with van der Waals surface area (Å²) < 4.78 is 10.2. The number of aryl methyl sites for hydroxylation is 1. The maximum atomic E-state index is 11.8. The first-order chi connectivity index (χ1) is 8.88. The fourth-order valence-corrected chi connectivity index (χ4v) is 1.96. The molecule has 0 saturated heterocycles. The van der Waals surface area contributed by atoms with Crippen LogP contribution >= 0.6 is 0 Å². The topological polar surface area (TPSA) is 38.8 Å². The molecule has 0 bridgehead atoms. The van der Waals surface area contributed by atoms with Gasteiger partial charge in [0.25, 0.3) is 0 Å². The van der Waals surface area contributed by atoms with Crippen molar-refractivity contribution in [3.05, 3.63) is 23.8 Å². The van der Waals surface area contributed by atoms with Crippen molar-refractivity contribution in [3.63, 3.8) is 0 Å². The Morgan fingerprint density at radius 3 is 2.42 bits per heavy atom. The van der Waals surface area contributed by atoms with E-state index in [2.05, 4.69) is 6.92 Å². The van der Waals surface area contributed by atoms with Crippen LogP contribution < -0.4 is 9.64 Å². The summed E-state index contributed by atoms with van der Waals surface area (Å²) in [7, 11) is 4.96. The number of esters is 1. The molecular formula is C15H23NO3. The molecule has 0 aliphatic rings. The van der Waals surface area contributed by atoms with Crippen molar-refractivity contribution in [3.8, 4) is 5.75 Å². The van der Waals surface area contributed by atoms with Gasteiger partial charge in [-0.2, -0.15) is 0 Å². The number of ether oxygens (including phenoxy) is 2. The highest BCUT2D eigenvalue weighted by Crippen LogP contribution is 2.29. The lowest BCUT2D eigenvalue weighted by Gasteiger charge is -2.35. The van der Waals surface area contributed by atoms with Crippen LogP contribution in [0.1, 0.15) is 26.3 Å². The summed E-state index contributed by atoms with van der Waals surface area (Å²) in [6.45, 7) is 5.76. The number of hydrogen-bond donors (Lipinski definition) is 0. The van der Waals surface area contributed by atoms with E-state index in [-0.39, 0.29) is 5.97 Å². The van der Waals surface area contributed by atoms with Crippen molar-refractivity contribution in [1.29, 1.82) is 0 Å². The second-order valence-electron chi connectivity index (χ2n) is 4.96. The Labute approximate surface area is 115 Å². The van der Waals surface area contributed by atoms with Crippen LogP contribution in [-0.2, 0) is 16.0 Å². The number of benzene rings is 1. The molecule has 0 aromatic heterocycles. The fourth-order valence-electron chi connectivity index (χ4n) is 1.96. The van der Waals surface area contributed by atoms with Crippen molar-refractivity contribution < 1.29 is 14.3 Å². The van der Waals surface area contributed by atoms with E-state index >= 15 is 0 Å². The van der Waals surface area contributed by atoms with E-state index in [0.29, 0.717) is 0 Å². The van der Waals surface area contributed by atoms with Gasteiger partial charge in [0.05, 0.1) is 14.2 Å². The number of carbonyl (C=O) groups excluding carboxylic acids is 1. The largest absolute Gasteiger partial charge is 0.496 e. The first-order valence-corrected chi connectivity index (χ1v) is 6.37. The highest BCUT2D eigenvalue weighted by atomic mass is 16.5. The van der Waals surface area contributed by atoms with E-state index in [4.69, 9.17) is 9.47 Å². The average Bonchev–Trinajstić information content (AvgIpc) is 2.44. The van der Waals surface area contributed by atoms with Crippen LogP contribution in [0.5, 0.6) is 5.75 Å². The van der Waals surface area contributed by atoms with Gasteiger partial charge in [-0.3, -0.25) is 0 Å². The lowest BCUT2D eigenvalue weighted by atomic mass is 10.0. The van der Waals surface area contributed by atoms with Crippen molar-refractivity contribution in [2.75, 3.05) is 26.2 Å². The second kappa shape index (κ2) is 5.95. The molecule has 0 atom stereocenters. The highest BCUT2D eigenvalue weighted by molar-refractivity contribution is 5.84. The van der Waals surface area contributed by atoms with Crippen molar-refractivity contribution >= 4 is 11.7 Å². The minimum atomic E-state index is -0.714. The zero-order chi connectivity index (χ0) is 14.6. The summed E-state index contributed by atoms with van der Waals surface area (Å²) in [5.74, 6) is 0.611. The van der Waals surface area contributed by atoms with Gasteiger partial charge in [-0.15, -0.1) is 0 Å². The Morgan fingerprint density at radius 1 is 1.32 bits per heavy atom. The maximum absolute atomic E-state index is 11.8. The van der Waals surface area contributed by atoms with E-state index in [0.717, 1.165) is 23.4 Å². The van der Waals surface area contributed by atoms with Gasteiger partial charge in [0, 0.05) is 12.7 Å². The van der Waals surface area contributed by atoms with E-state index in [1.165, 1.54) is 7.11 Å². The molecule has 106 valence electrons.